The second-order valence-electron chi connectivity index (χ2n) is 5.26. The van der Waals surface area contributed by atoms with Gasteiger partial charge in [0.2, 0.25) is 0 Å². The lowest BCUT2D eigenvalue weighted by molar-refractivity contribution is -0.144. The summed E-state index contributed by atoms with van der Waals surface area (Å²) in [7, 11) is 0. The Hall–Kier alpha value is -1.49. The van der Waals surface area contributed by atoms with Gasteiger partial charge in [0.05, 0.1) is 0 Å². The molecule has 0 spiro atoms. The zero-order valence-electron chi connectivity index (χ0n) is 11.5. The number of halogens is 2. The van der Waals surface area contributed by atoms with Gasteiger partial charge in [-0.1, -0.05) is 25.0 Å². The molecule has 0 radical (unpaired) electrons. The second-order valence-corrected chi connectivity index (χ2v) is 5.26. The molecule has 1 saturated heterocycles. The van der Waals surface area contributed by atoms with Gasteiger partial charge in [-0.15, -0.1) is 0 Å². The lowest BCUT2D eigenvalue weighted by atomic mass is 10.0. The van der Waals surface area contributed by atoms with Gasteiger partial charge in [0.15, 0.2) is 11.6 Å². The molecule has 20 heavy (non-hydrogen) atoms. The quantitative estimate of drug-likeness (QED) is 0.924. The fraction of sp³-hybridized carbons (Fsp3) is 0.533. The van der Waals surface area contributed by atoms with Crippen molar-refractivity contribution in [2.75, 3.05) is 6.54 Å². The number of benzene rings is 1. The molecule has 0 amide bonds. The Labute approximate surface area is 117 Å². The highest BCUT2D eigenvalue weighted by atomic mass is 19.2. The van der Waals surface area contributed by atoms with Gasteiger partial charge >= 0.3 is 5.97 Å². The molecular formula is C15H19F2NO2. The van der Waals surface area contributed by atoms with Crippen LogP contribution in [0.25, 0.3) is 0 Å². The molecule has 0 aromatic heterocycles. The molecule has 0 bridgehead atoms. The molecule has 1 N–H and O–H groups in total. The van der Waals surface area contributed by atoms with Gasteiger partial charge < -0.3 is 5.11 Å². The minimum Gasteiger partial charge on any atom is -0.480 e. The largest absolute Gasteiger partial charge is 0.480 e. The van der Waals surface area contributed by atoms with Crippen molar-refractivity contribution in [1.82, 2.24) is 4.90 Å². The molecule has 2 rings (SSSR count). The molecule has 3 nitrogen and oxygen atoms in total. The SMILES string of the molecule is CC(c1cccc(F)c1F)N1CCCCCC1C(=O)O. The lowest BCUT2D eigenvalue weighted by Crippen LogP contribution is -2.42. The van der Waals surface area contributed by atoms with Crippen LogP contribution in [0.1, 0.15) is 44.2 Å². The van der Waals surface area contributed by atoms with Gasteiger partial charge in [0.1, 0.15) is 6.04 Å². The Morgan fingerprint density at radius 2 is 2.10 bits per heavy atom. The second kappa shape index (κ2) is 6.31. The van der Waals surface area contributed by atoms with Crippen LogP contribution in [-0.2, 0) is 4.79 Å². The highest BCUT2D eigenvalue weighted by Crippen LogP contribution is 2.30. The molecule has 1 aliphatic heterocycles. The Bertz CT molecular complexity index is 493. The molecule has 2 unspecified atom stereocenters. The predicted molar refractivity (Wildman–Crippen MR) is 71.4 cm³/mol. The number of carboxylic acid groups (broad SMARTS) is 1. The van der Waals surface area contributed by atoms with Crippen molar-refractivity contribution in [1.29, 1.82) is 0 Å². The van der Waals surface area contributed by atoms with Crippen LogP contribution in [0, 0.1) is 11.6 Å². The number of carbonyl (C=O) groups is 1. The molecule has 5 heteroatoms. The molecule has 1 aliphatic rings. The van der Waals surface area contributed by atoms with Crippen molar-refractivity contribution in [2.24, 2.45) is 0 Å². The van der Waals surface area contributed by atoms with Crippen molar-refractivity contribution < 1.29 is 18.7 Å². The molecule has 1 aromatic rings. The van der Waals surface area contributed by atoms with Crippen LogP contribution in [0.3, 0.4) is 0 Å². The van der Waals surface area contributed by atoms with Gasteiger partial charge in [0, 0.05) is 11.6 Å². The zero-order chi connectivity index (χ0) is 14.7. The first kappa shape index (κ1) is 14.9. The third kappa shape index (κ3) is 2.98. The first-order valence-electron chi connectivity index (χ1n) is 6.95. The topological polar surface area (TPSA) is 40.5 Å². The Balaban J connectivity index is 2.31. The molecule has 1 aromatic carbocycles. The van der Waals surface area contributed by atoms with Crippen LogP contribution in [0.2, 0.25) is 0 Å². The summed E-state index contributed by atoms with van der Waals surface area (Å²) in [6.45, 7) is 2.33. The third-order valence-electron chi connectivity index (χ3n) is 4.01. The average Bonchev–Trinajstić information content (AvgIpc) is 2.66. The number of likely N-dealkylation sites (tertiary alicyclic amines) is 1. The van der Waals surface area contributed by atoms with Gasteiger partial charge in [-0.25, -0.2) is 8.78 Å². The van der Waals surface area contributed by atoms with E-state index in [2.05, 4.69) is 0 Å². The Morgan fingerprint density at radius 3 is 2.80 bits per heavy atom. The molecule has 110 valence electrons. The lowest BCUT2D eigenvalue weighted by Gasteiger charge is -2.33. The van der Waals surface area contributed by atoms with Crippen LogP contribution in [-0.4, -0.2) is 28.6 Å². The Kier molecular flexibility index (Phi) is 4.70. The summed E-state index contributed by atoms with van der Waals surface area (Å²) < 4.78 is 27.2. The number of aliphatic carboxylic acids is 1. The average molecular weight is 283 g/mol. The molecule has 0 saturated carbocycles. The summed E-state index contributed by atoms with van der Waals surface area (Å²) in [6.07, 6.45) is 3.26. The van der Waals surface area contributed by atoms with E-state index in [1.807, 2.05) is 0 Å². The van der Waals surface area contributed by atoms with Crippen molar-refractivity contribution in [2.45, 2.75) is 44.7 Å². The van der Waals surface area contributed by atoms with Crippen LogP contribution in [0.4, 0.5) is 8.78 Å². The summed E-state index contributed by atoms with van der Waals surface area (Å²) in [4.78, 5) is 13.2. The third-order valence-corrected chi connectivity index (χ3v) is 4.01. The zero-order valence-corrected chi connectivity index (χ0v) is 11.5. The summed E-state index contributed by atoms with van der Waals surface area (Å²) in [5.41, 5.74) is 0.221. The van der Waals surface area contributed by atoms with E-state index in [1.54, 1.807) is 11.8 Å². The first-order valence-corrected chi connectivity index (χ1v) is 6.95. The first-order chi connectivity index (χ1) is 9.52. The molecular weight excluding hydrogens is 264 g/mol. The number of hydrogen-bond acceptors (Lipinski definition) is 2. The van der Waals surface area contributed by atoms with E-state index in [-0.39, 0.29) is 5.56 Å². The van der Waals surface area contributed by atoms with Crippen LogP contribution in [0.5, 0.6) is 0 Å². The van der Waals surface area contributed by atoms with E-state index in [1.165, 1.54) is 12.1 Å². The van der Waals surface area contributed by atoms with E-state index >= 15 is 0 Å². The number of carboxylic acids is 1. The normalized spacial score (nSPS) is 22.2. The van der Waals surface area contributed by atoms with Crippen molar-refractivity contribution in [3.63, 3.8) is 0 Å². The number of rotatable bonds is 3. The van der Waals surface area contributed by atoms with Crippen LogP contribution in [0.15, 0.2) is 18.2 Å². The summed E-state index contributed by atoms with van der Waals surface area (Å²) in [5.74, 6) is -2.67. The Morgan fingerprint density at radius 1 is 1.35 bits per heavy atom. The van der Waals surface area contributed by atoms with E-state index in [4.69, 9.17) is 0 Å². The van der Waals surface area contributed by atoms with E-state index in [0.717, 1.165) is 25.3 Å². The van der Waals surface area contributed by atoms with Gasteiger partial charge in [-0.2, -0.15) is 0 Å². The minimum atomic E-state index is -0.893. The van der Waals surface area contributed by atoms with Gasteiger partial charge in [0.25, 0.3) is 0 Å². The fourth-order valence-electron chi connectivity index (χ4n) is 2.88. The maximum absolute atomic E-state index is 13.9. The van der Waals surface area contributed by atoms with Crippen molar-refractivity contribution in [3.8, 4) is 0 Å². The smallest absolute Gasteiger partial charge is 0.320 e. The van der Waals surface area contributed by atoms with Gasteiger partial charge in [-0.05, 0) is 32.4 Å². The van der Waals surface area contributed by atoms with E-state index < -0.39 is 29.7 Å². The summed E-state index contributed by atoms with van der Waals surface area (Å²) in [6, 6.07) is 2.97. The molecule has 1 fully saturated rings. The number of hydrogen-bond donors (Lipinski definition) is 1. The van der Waals surface area contributed by atoms with Crippen LogP contribution < -0.4 is 0 Å². The minimum absolute atomic E-state index is 0.221. The summed E-state index contributed by atoms with van der Waals surface area (Å²) in [5, 5.41) is 9.34. The summed E-state index contributed by atoms with van der Waals surface area (Å²) >= 11 is 0. The van der Waals surface area contributed by atoms with E-state index in [9.17, 15) is 18.7 Å². The maximum atomic E-state index is 13.9. The monoisotopic (exact) mass is 283 g/mol. The van der Waals surface area contributed by atoms with Gasteiger partial charge in [-0.3, -0.25) is 9.69 Å². The molecule has 0 aliphatic carbocycles. The molecule has 2 atom stereocenters. The maximum Gasteiger partial charge on any atom is 0.320 e. The number of nitrogens with zero attached hydrogens (tertiary/aromatic N) is 1. The van der Waals surface area contributed by atoms with E-state index in [0.29, 0.717) is 13.0 Å². The standard InChI is InChI=1S/C15H19F2NO2/c1-10(11-6-5-7-12(16)14(11)17)18-9-4-2-3-8-13(18)15(19)20/h5-7,10,13H,2-4,8-9H2,1H3,(H,19,20). The molecule has 1 heterocycles. The van der Waals surface area contributed by atoms with Crippen molar-refractivity contribution >= 4 is 5.97 Å². The highest BCUT2D eigenvalue weighted by molar-refractivity contribution is 5.73. The fourth-order valence-corrected chi connectivity index (χ4v) is 2.88. The predicted octanol–water partition coefficient (Wildman–Crippen LogP) is 3.36. The highest BCUT2D eigenvalue weighted by Gasteiger charge is 2.32. The van der Waals surface area contributed by atoms with Crippen molar-refractivity contribution in [3.05, 3.63) is 35.4 Å². The van der Waals surface area contributed by atoms with Crippen LogP contribution >= 0.6 is 0 Å².